The molecule has 1 saturated heterocycles. The molecule has 8 N–H and O–H groups in total. The van der Waals surface area contributed by atoms with Crippen molar-refractivity contribution in [1.82, 2.24) is 0 Å². The highest BCUT2D eigenvalue weighted by atomic mass is 16.8. The van der Waals surface area contributed by atoms with Gasteiger partial charge < -0.3 is 50.3 Å². The van der Waals surface area contributed by atoms with Gasteiger partial charge in [0.2, 0.25) is 0 Å². The summed E-state index contributed by atoms with van der Waals surface area (Å²) in [5, 5.41) is 74.8. The second-order valence-electron chi connectivity index (χ2n) is 5.45. The van der Waals surface area contributed by atoms with Gasteiger partial charge in [-0.2, -0.15) is 0 Å². The van der Waals surface area contributed by atoms with Crippen molar-refractivity contribution in [1.29, 1.82) is 0 Å². The average Bonchev–Trinajstić information content (AvgIpc) is 2.47. The number of carboxylic acids is 2. The summed E-state index contributed by atoms with van der Waals surface area (Å²) in [6.07, 6.45) is -10.9. The Morgan fingerprint density at radius 2 is 1.64 bits per heavy atom. The number of esters is 1. The Hall–Kier alpha value is -1.87. The Balaban J connectivity index is 2.93. The normalized spacial score (nSPS) is 34.8. The van der Waals surface area contributed by atoms with Gasteiger partial charge in [-0.05, 0) is 0 Å². The van der Waals surface area contributed by atoms with Crippen LogP contribution in [-0.2, 0) is 23.9 Å². The number of carbonyl (C=O) groups excluding carboxylic acids is 1. The molecule has 13 nitrogen and oxygen atoms in total. The van der Waals surface area contributed by atoms with E-state index in [2.05, 4.69) is 9.47 Å². The first-order chi connectivity index (χ1) is 11.4. The summed E-state index contributed by atoms with van der Waals surface area (Å²) in [4.78, 5) is 33.3. The van der Waals surface area contributed by atoms with Gasteiger partial charge in [0.25, 0.3) is 0 Å². The van der Waals surface area contributed by atoms with Gasteiger partial charge in [0.15, 0.2) is 11.7 Å². The summed E-state index contributed by atoms with van der Waals surface area (Å²) in [6, 6.07) is 0. The van der Waals surface area contributed by atoms with E-state index in [1.54, 1.807) is 0 Å². The number of carbonyl (C=O) groups is 3. The number of aliphatic hydroxyl groups is 6. The van der Waals surface area contributed by atoms with Crippen molar-refractivity contribution in [2.75, 3.05) is 6.61 Å². The number of ether oxygens (including phenoxy) is 2. The molecular formula is C12H18O13. The van der Waals surface area contributed by atoms with E-state index >= 15 is 0 Å². The zero-order valence-electron chi connectivity index (χ0n) is 12.5. The SMILES string of the molecule is O=C(O)CC(O)(CC(=O)OC1(O)O[C@H](CO)[C@@H](O)[C@H](O)[C@H]1O)C(=O)O. The minimum absolute atomic E-state index is 0.955. The van der Waals surface area contributed by atoms with E-state index in [-0.39, 0.29) is 0 Å². The molecule has 0 bridgehead atoms. The number of aliphatic carboxylic acids is 2. The highest BCUT2D eigenvalue weighted by Crippen LogP contribution is 2.30. The highest BCUT2D eigenvalue weighted by Gasteiger charge is 2.56. The predicted molar refractivity (Wildman–Crippen MR) is 70.5 cm³/mol. The molecule has 2 unspecified atom stereocenters. The van der Waals surface area contributed by atoms with Crippen LogP contribution in [-0.4, -0.2) is 101 Å². The largest absolute Gasteiger partial charge is 0.481 e. The lowest BCUT2D eigenvalue weighted by Crippen LogP contribution is -2.66. The van der Waals surface area contributed by atoms with Crippen molar-refractivity contribution in [2.24, 2.45) is 0 Å². The fraction of sp³-hybridized carbons (Fsp3) is 0.750. The van der Waals surface area contributed by atoms with Crippen LogP contribution in [0.25, 0.3) is 0 Å². The molecule has 1 aliphatic rings. The summed E-state index contributed by atoms with van der Waals surface area (Å²) in [5.74, 6) is -8.80. The lowest BCUT2D eigenvalue weighted by atomic mass is 9.95. The van der Waals surface area contributed by atoms with E-state index in [1.165, 1.54) is 0 Å². The molecule has 0 aromatic heterocycles. The topological polar surface area (TPSA) is 232 Å². The summed E-state index contributed by atoms with van der Waals surface area (Å²) in [6.45, 7) is -0.955. The quantitative estimate of drug-likeness (QED) is 0.156. The summed E-state index contributed by atoms with van der Waals surface area (Å²) >= 11 is 0. The number of hydrogen-bond donors (Lipinski definition) is 8. The van der Waals surface area contributed by atoms with E-state index in [9.17, 15) is 39.9 Å². The summed E-state index contributed by atoms with van der Waals surface area (Å²) in [5.41, 5.74) is -3.08. The van der Waals surface area contributed by atoms with Crippen LogP contribution in [0, 0.1) is 0 Å². The molecule has 13 heteroatoms. The van der Waals surface area contributed by atoms with Gasteiger partial charge in [-0.15, -0.1) is 0 Å². The predicted octanol–water partition coefficient (Wildman–Crippen LogP) is -4.67. The number of aliphatic hydroxyl groups excluding tert-OH is 4. The first kappa shape index (κ1) is 21.2. The second-order valence-corrected chi connectivity index (χ2v) is 5.45. The third kappa shape index (κ3) is 4.60. The lowest BCUT2D eigenvalue weighted by Gasteiger charge is -2.43. The van der Waals surface area contributed by atoms with Crippen molar-refractivity contribution < 1.29 is 64.7 Å². The number of rotatable bonds is 7. The van der Waals surface area contributed by atoms with Gasteiger partial charge in [0.1, 0.15) is 18.3 Å². The molecule has 0 aliphatic carbocycles. The molecule has 0 saturated carbocycles. The molecule has 144 valence electrons. The van der Waals surface area contributed by atoms with Gasteiger partial charge in [0.05, 0.1) is 19.4 Å². The van der Waals surface area contributed by atoms with Crippen LogP contribution in [0.1, 0.15) is 12.8 Å². The third-order valence-electron chi connectivity index (χ3n) is 3.47. The molecule has 0 amide bonds. The molecule has 0 spiro atoms. The molecule has 0 radical (unpaired) electrons. The van der Waals surface area contributed by atoms with Crippen LogP contribution >= 0.6 is 0 Å². The first-order valence-electron chi connectivity index (χ1n) is 6.81. The zero-order chi connectivity index (χ0) is 19.6. The summed E-state index contributed by atoms with van der Waals surface area (Å²) < 4.78 is 8.92. The van der Waals surface area contributed by atoms with Crippen LogP contribution in [0.4, 0.5) is 0 Å². The maximum absolute atomic E-state index is 11.8. The van der Waals surface area contributed by atoms with E-state index in [0.717, 1.165) is 0 Å². The van der Waals surface area contributed by atoms with Gasteiger partial charge >= 0.3 is 23.9 Å². The Morgan fingerprint density at radius 1 is 1.08 bits per heavy atom. The lowest BCUT2D eigenvalue weighted by molar-refractivity contribution is -0.434. The van der Waals surface area contributed by atoms with Crippen LogP contribution < -0.4 is 0 Å². The molecule has 25 heavy (non-hydrogen) atoms. The minimum atomic E-state index is -3.29. The van der Waals surface area contributed by atoms with E-state index < -0.39 is 73.3 Å². The fourth-order valence-electron chi connectivity index (χ4n) is 2.11. The summed E-state index contributed by atoms with van der Waals surface area (Å²) in [7, 11) is 0. The van der Waals surface area contributed by atoms with E-state index in [1.807, 2.05) is 0 Å². The molecule has 1 fully saturated rings. The maximum Gasteiger partial charge on any atom is 0.357 e. The maximum atomic E-state index is 11.8. The van der Waals surface area contributed by atoms with Gasteiger partial charge in [-0.1, -0.05) is 0 Å². The average molecular weight is 370 g/mol. The second kappa shape index (κ2) is 7.57. The van der Waals surface area contributed by atoms with Crippen molar-refractivity contribution in [3.8, 4) is 0 Å². The molecule has 0 aromatic rings. The van der Waals surface area contributed by atoms with Crippen LogP contribution in [0.5, 0.6) is 0 Å². The van der Waals surface area contributed by atoms with Crippen molar-refractivity contribution in [3.05, 3.63) is 0 Å². The van der Waals surface area contributed by atoms with Gasteiger partial charge in [0, 0.05) is 0 Å². The molecule has 0 aromatic carbocycles. The Bertz CT molecular complexity index is 533. The van der Waals surface area contributed by atoms with Crippen LogP contribution in [0.3, 0.4) is 0 Å². The molecule has 6 atom stereocenters. The van der Waals surface area contributed by atoms with Gasteiger partial charge in [-0.25, -0.2) is 4.79 Å². The fourth-order valence-corrected chi connectivity index (χ4v) is 2.11. The van der Waals surface area contributed by atoms with Gasteiger partial charge in [-0.3, -0.25) is 9.59 Å². The molecule has 1 aliphatic heterocycles. The van der Waals surface area contributed by atoms with Crippen LogP contribution in [0.15, 0.2) is 0 Å². The minimum Gasteiger partial charge on any atom is -0.481 e. The van der Waals surface area contributed by atoms with E-state index in [0.29, 0.717) is 0 Å². The highest BCUT2D eigenvalue weighted by molar-refractivity contribution is 5.88. The molecular weight excluding hydrogens is 352 g/mol. The zero-order valence-corrected chi connectivity index (χ0v) is 12.5. The van der Waals surface area contributed by atoms with E-state index in [4.69, 9.17) is 15.3 Å². The van der Waals surface area contributed by atoms with Crippen LogP contribution in [0.2, 0.25) is 0 Å². The number of carboxylic acid groups (broad SMARTS) is 2. The third-order valence-corrected chi connectivity index (χ3v) is 3.47. The molecule has 1 heterocycles. The van der Waals surface area contributed by atoms with Crippen molar-refractivity contribution >= 4 is 17.9 Å². The van der Waals surface area contributed by atoms with Crippen molar-refractivity contribution in [2.45, 2.75) is 48.8 Å². The smallest absolute Gasteiger partial charge is 0.357 e. The van der Waals surface area contributed by atoms with Crippen molar-refractivity contribution in [3.63, 3.8) is 0 Å². The monoisotopic (exact) mass is 370 g/mol. The Kier molecular flexibility index (Phi) is 6.41. The number of hydrogen-bond acceptors (Lipinski definition) is 11. The Labute approximate surface area is 139 Å². The molecule has 1 rings (SSSR count). The standard InChI is InChI=1S/C12H18O13/c13-3-4-7(17)8(18)9(19)12(23,24-4)25-6(16)2-11(22,10(20)21)1-5(14)15/h4,7-9,13,17-19,22-23H,1-3H2,(H,14,15)(H,20,21)/t4-,7-,8+,9-,11?,12?/m1/s1. The Morgan fingerprint density at radius 3 is 2.08 bits per heavy atom. The first-order valence-corrected chi connectivity index (χ1v) is 6.81.